The number of Topliss-reactive ketones (excluding diaryl/α,β-unsaturated/α-hetero) is 1. The predicted molar refractivity (Wildman–Crippen MR) is 84.1 cm³/mol. The first-order valence-electron chi connectivity index (χ1n) is 6.58. The van der Waals surface area contributed by atoms with Crippen LogP contribution in [0.1, 0.15) is 23.9 Å². The van der Waals surface area contributed by atoms with Crippen LogP contribution in [0.4, 0.5) is 4.39 Å². The van der Waals surface area contributed by atoms with Gasteiger partial charge in [0.05, 0.1) is 15.9 Å². The van der Waals surface area contributed by atoms with Crippen molar-refractivity contribution >= 4 is 33.3 Å². The Labute approximate surface area is 136 Å². The molecule has 0 unspecified atom stereocenters. The quantitative estimate of drug-likeness (QED) is 0.797. The van der Waals surface area contributed by atoms with Crippen LogP contribution in [0.25, 0.3) is 0 Å². The summed E-state index contributed by atoms with van der Waals surface area (Å²) in [6.07, 6.45) is 1.24. The molecule has 0 bridgehead atoms. The largest absolute Gasteiger partial charge is 0.299 e. The van der Waals surface area contributed by atoms with Crippen LogP contribution in [0, 0.1) is 5.82 Å². The number of hydrogen-bond acceptors (Lipinski definition) is 2. The Morgan fingerprint density at radius 3 is 2.71 bits per heavy atom. The van der Waals surface area contributed by atoms with Gasteiger partial charge in [-0.15, -0.1) is 0 Å². The van der Waals surface area contributed by atoms with Gasteiger partial charge in [-0.1, -0.05) is 24.6 Å². The van der Waals surface area contributed by atoms with Gasteiger partial charge in [-0.2, -0.15) is 5.10 Å². The highest BCUT2D eigenvalue weighted by Gasteiger charge is 2.16. The first-order valence-corrected chi connectivity index (χ1v) is 7.75. The fourth-order valence-electron chi connectivity index (χ4n) is 2.14. The third kappa shape index (κ3) is 3.71. The molecule has 0 saturated carbocycles. The lowest BCUT2D eigenvalue weighted by Gasteiger charge is -2.05. The zero-order valence-corrected chi connectivity index (χ0v) is 14.1. The number of hydrogen-bond donors (Lipinski definition) is 0. The van der Waals surface area contributed by atoms with Gasteiger partial charge in [0.25, 0.3) is 0 Å². The Balaban J connectivity index is 2.13. The average Bonchev–Trinajstić information content (AvgIpc) is 2.69. The van der Waals surface area contributed by atoms with Crippen LogP contribution < -0.4 is 0 Å². The second-order valence-corrected chi connectivity index (χ2v) is 6.01. The van der Waals surface area contributed by atoms with Crippen LogP contribution in [0.2, 0.25) is 5.02 Å². The fraction of sp³-hybridized carbons (Fsp3) is 0.333. The highest BCUT2D eigenvalue weighted by molar-refractivity contribution is 9.10. The molecule has 1 aromatic heterocycles. The molecule has 21 heavy (non-hydrogen) atoms. The van der Waals surface area contributed by atoms with E-state index in [1.807, 2.05) is 14.0 Å². The Morgan fingerprint density at radius 2 is 2.14 bits per heavy atom. The van der Waals surface area contributed by atoms with Crippen LogP contribution in [-0.2, 0) is 31.1 Å². The van der Waals surface area contributed by atoms with Crippen LogP contribution in [0.15, 0.2) is 22.7 Å². The van der Waals surface area contributed by atoms with E-state index in [4.69, 9.17) is 11.6 Å². The molecule has 3 nitrogen and oxygen atoms in total. The number of carbonyl (C=O) groups excluding carboxylic acids is 1. The van der Waals surface area contributed by atoms with E-state index in [0.29, 0.717) is 5.56 Å². The molecule has 0 aliphatic heterocycles. The van der Waals surface area contributed by atoms with E-state index in [9.17, 15) is 9.18 Å². The lowest BCUT2D eigenvalue weighted by Crippen LogP contribution is -2.11. The standard InChI is InChI=1S/C15H15BrClFN2O/c1-3-13-15(16)14(20(2)19-13)8-11(21)6-9-4-5-10(18)7-12(9)17/h4-5,7H,3,6,8H2,1-2H3. The topological polar surface area (TPSA) is 34.9 Å². The summed E-state index contributed by atoms with van der Waals surface area (Å²) in [4.78, 5) is 12.2. The number of benzene rings is 1. The lowest BCUT2D eigenvalue weighted by molar-refractivity contribution is -0.117. The summed E-state index contributed by atoms with van der Waals surface area (Å²) in [5.41, 5.74) is 2.41. The molecule has 2 aromatic rings. The molecule has 1 aromatic carbocycles. The fourth-order valence-corrected chi connectivity index (χ4v) is 3.13. The van der Waals surface area contributed by atoms with Gasteiger partial charge in [0.1, 0.15) is 11.6 Å². The molecule has 0 saturated heterocycles. The molecule has 0 fully saturated rings. The normalized spacial score (nSPS) is 10.9. The van der Waals surface area contributed by atoms with Crippen molar-refractivity contribution in [2.75, 3.05) is 0 Å². The summed E-state index contributed by atoms with van der Waals surface area (Å²) in [7, 11) is 1.82. The maximum Gasteiger partial charge on any atom is 0.143 e. The van der Waals surface area contributed by atoms with Crippen LogP contribution in [0.5, 0.6) is 0 Å². The van der Waals surface area contributed by atoms with Gasteiger partial charge in [-0.3, -0.25) is 9.48 Å². The van der Waals surface area contributed by atoms with E-state index in [1.165, 1.54) is 12.1 Å². The second kappa shape index (κ2) is 6.71. The minimum absolute atomic E-state index is 0.00913. The predicted octanol–water partition coefficient (Wildman–Crippen LogP) is 3.89. The molecule has 0 spiro atoms. The van der Waals surface area contributed by atoms with Crippen molar-refractivity contribution in [1.29, 1.82) is 0 Å². The molecule has 0 amide bonds. The zero-order valence-electron chi connectivity index (χ0n) is 11.8. The lowest BCUT2D eigenvalue weighted by atomic mass is 10.1. The summed E-state index contributed by atoms with van der Waals surface area (Å²) >= 11 is 9.44. The zero-order chi connectivity index (χ0) is 15.6. The van der Waals surface area contributed by atoms with E-state index in [1.54, 1.807) is 10.7 Å². The summed E-state index contributed by atoms with van der Waals surface area (Å²) in [6.45, 7) is 2.01. The monoisotopic (exact) mass is 372 g/mol. The molecule has 2 rings (SSSR count). The van der Waals surface area contributed by atoms with E-state index in [0.717, 1.165) is 22.3 Å². The van der Waals surface area contributed by atoms with Gasteiger partial charge in [0, 0.05) is 24.9 Å². The van der Waals surface area contributed by atoms with E-state index in [2.05, 4.69) is 21.0 Å². The molecule has 0 aliphatic carbocycles. The van der Waals surface area contributed by atoms with E-state index < -0.39 is 5.82 Å². The molecule has 6 heteroatoms. The first kappa shape index (κ1) is 16.2. The minimum atomic E-state index is -0.404. The summed E-state index contributed by atoms with van der Waals surface area (Å²) in [5, 5.41) is 4.64. The highest BCUT2D eigenvalue weighted by atomic mass is 79.9. The molecular weight excluding hydrogens is 359 g/mol. The molecule has 112 valence electrons. The maximum atomic E-state index is 13.0. The Hall–Kier alpha value is -1.20. The third-order valence-electron chi connectivity index (χ3n) is 3.27. The summed E-state index contributed by atoms with van der Waals surface area (Å²) in [6, 6.07) is 4.08. The molecule has 1 heterocycles. The Morgan fingerprint density at radius 1 is 1.43 bits per heavy atom. The Kier molecular flexibility index (Phi) is 5.17. The van der Waals surface area contributed by atoms with Crippen LogP contribution in [-0.4, -0.2) is 15.6 Å². The summed E-state index contributed by atoms with van der Waals surface area (Å²) < 4.78 is 15.6. The maximum absolute atomic E-state index is 13.0. The SMILES string of the molecule is CCc1nn(C)c(CC(=O)Cc2ccc(F)cc2Cl)c1Br. The molecule has 0 radical (unpaired) electrons. The minimum Gasteiger partial charge on any atom is -0.299 e. The number of rotatable bonds is 5. The van der Waals surface area contributed by atoms with Gasteiger partial charge in [-0.05, 0) is 40.0 Å². The number of ketones is 1. The molecule has 0 aliphatic rings. The molecular formula is C15H15BrClFN2O. The Bertz CT molecular complexity index is 685. The molecule has 0 N–H and O–H groups in total. The number of aromatic nitrogens is 2. The molecule has 0 atom stereocenters. The van der Waals surface area contributed by atoms with Crippen LogP contribution >= 0.6 is 27.5 Å². The number of nitrogens with zero attached hydrogens (tertiary/aromatic N) is 2. The number of aryl methyl sites for hydroxylation is 2. The van der Waals surface area contributed by atoms with Gasteiger partial charge in [0.2, 0.25) is 0 Å². The van der Waals surface area contributed by atoms with Crippen molar-refractivity contribution in [2.24, 2.45) is 7.05 Å². The smallest absolute Gasteiger partial charge is 0.143 e. The van der Waals surface area contributed by atoms with Crippen molar-refractivity contribution in [2.45, 2.75) is 26.2 Å². The summed E-state index contributed by atoms with van der Waals surface area (Å²) in [5.74, 6) is -0.395. The first-order chi connectivity index (χ1) is 9.92. The number of carbonyl (C=O) groups is 1. The van der Waals surface area contributed by atoms with Crippen molar-refractivity contribution in [3.05, 3.63) is 50.5 Å². The van der Waals surface area contributed by atoms with Gasteiger partial charge in [-0.25, -0.2) is 4.39 Å². The van der Waals surface area contributed by atoms with E-state index >= 15 is 0 Å². The van der Waals surface area contributed by atoms with Crippen molar-refractivity contribution in [3.8, 4) is 0 Å². The highest BCUT2D eigenvalue weighted by Crippen LogP contribution is 2.23. The van der Waals surface area contributed by atoms with Gasteiger partial charge in [0.15, 0.2) is 0 Å². The average molecular weight is 374 g/mol. The van der Waals surface area contributed by atoms with Crippen molar-refractivity contribution in [3.63, 3.8) is 0 Å². The van der Waals surface area contributed by atoms with Crippen LogP contribution in [0.3, 0.4) is 0 Å². The van der Waals surface area contributed by atoms with Crippen molar-refractivity contribution < 1.29 is 9.18 Å². The van der Waals surface area contributed by atoms with E-state index in [-0.39, 0.29) is 23.6 Å². The van der Waals surface area contributed by atoms with Gasteiger partial charge >= 0.3 is 0 Å². The van der Waals surface area contributed by atoms with Crippen molar-refractivity contribution in [1.82, 2.24) is 9.78 Å². The van der Waals surface area contributed by atoms with Gasteiger partial charge < -0.3 is 0 Å². The second-order valence-electron chi connectivity index (χ2n) is 4.81. The number of halogens is 3. The third-order valence-corrected chi connectivity index (χ3v) is 4.54.